The number of carbonyl (C=O) groups is 1. The Morgan fingerprint density at radius 1 is 1.30 bits per heavy atom. The molecule has 0 saturated carbocycles. The number of benzene rings is 2. The van der Waals surface area contributed by atoms with E-state index in [2.05, 4.69) is 21.2 Å². The van der Waals surface area contributed by atoms with Gasteiger partial charge in [0.1, 0.15) is 0 Å². The second-order valence-corrected chi connectivity index (χ2v) is 5.94. The Balaban J connectivity index is 2.28. The highest BCUT2D eigenvalue weighted by Gasteiger charge is 2.12. The summed E-state index contributed by atoms with van der Waals surface area (Å²) < 4.78 is 0. The molecule has 5 heteroatoms. The normalized spacial score (nSPS) is 10.3. The number of alkyl halides is 1. The highest BCUT2D eigenvalue weighted by atomic mass is 79.9. The van der Waals surface area contributed by atoms with Crippen molar-refractivity contribution in [3.8, 4) is 0 Å². The van der Waals surface area contributed by atoms with Crippen LogP contribution in [0.1, 0.15) is 15.9 Å². The number of amides is 1. The topological polar surface area (TPSA) is 29.1 Å². The van der Waals surface area contributed by atoms with Gasteiger partial charge in [-0.15, -0.1) is 11.8 Å². The molecule has 0 radical (unpaired) electrons. The van der Waals surface area contributed by atoms with Crippen molar-refractivity contribution in [3.05, 3.63) is 58.6 Å². The molecule has 0 atom stereocenters. The van der Waals surface area contributed by atoms with E-state index in [1.54, 1.807) is 23.9 Å². The average molecular weight is 371 g/mol. The molecule has 0 saturated heterocycles. The van der Waals surface area contributed by atoms with Crippen molar-refractivity contribution in [3.63, 3.8) is 0 Å². The number of nitrogens with one attached hydrogen (secondary N) is 1. The Morgan fingerprint density at radius 3 is 2.75 bits per heavy atom. The van der Waals surface area contributed by atoms with Crippen molar-refractivity contribution >= 4 is 50.9 Å². The Bertz CT molecular complexity index is 633. The molecule has 0 aliphatic heterocycles. The number of hydrogen-bond acceptors (Lipinski definition) is 2. The van der Waals surface area contributed by atoms with Crippen molar-refractivity contribution < 1.29 is 4.79 Å². The van der Waals surface area contributed by atoms with E-state index in [0.717, 1.165) is 16.1 Å². The lowest BCUT2D eigenvalue weighted by molar-refractivity contribution is 0.102. The Labute approximate surface area is 136 Å². The van der Waals surface area contributed by atoms with Gasteiger partial charge in [-0.1, -0.05) is 45.7 Å². The summed E-state index contributed by atoms with van der Waals surface area (Å²) in [5, 5.41) is 4.05. The van der Waals surface area contributed by atoms with E-state index in [1.807, 2.05) is 36.6 Å². The number of halogens is 2. The third kappa shape index (κ3) is 3.57. The van der Waals surface area contributed by atoms with Crippen LogP contribution in [0.5, 0.6) is 0 Å². The number of hydrogen-bond donors (Lipinski definition) is 1. The maximum absolute atomic E-state index is 12.4. The summed E-state index contributed by atoms with van der Waals surface area (Å²) in [5.41, 5.74) is 2.31. The molecule has 0 aromatic heterocycles. The minimum atomic E-state index is -0.195. The minimum Gasteiger partial charge on any atom is -0.322 e. The lowest BCUT2D eigenvalue weighted by Gasteiger charge is -2.11. The van der Waals surface area contributed by atoms with Crippen LogP contribution in [0.15, 0.2) is 47.4 Å². The summed E-state index contributed by atoms with van der Waals surface area (Å²) in [6, 6.07) is 13.1. The largest absolute Gasteiger partial charge is 0.322 e. The zero-order valence-electron chi connectivity index (χ0n) is 10.8. The van der Waals surface area contributed by atoms with Crippen LogP contribution in [0, 0.1) is 0 Å². The van der Waals surface area contributed by atoms with Gasteiger partial charge in [0, 0.05) is 15.9 Å². The van der Waals surface area contributed by atoms with Gasteiger partial charge < -0.3 is 5.32 Å². The summed E-state index contributed by atoms with van der Waals surface area (Å²) in [7, 11) is 0. The molecular formula is C15H13BrClNOS. The van der Waals surface area contributed by atoms with Crippen LogP contribution in [-0.2, 0) is 5.33 Å². The molecule has 0 aliphatic carbocycles. The molecule has 1 N–H and O–H groups in total. The van der Waals surface area contributed by atoms with Crippen molar-refractivity contribution in [1.82, 2.24) is 0 Å². The summed E-state index contributed by atoms with van der Waals surface area (Å²) in [4.78, 5) is 13.4. The summed E-state index contributed by atoms with van der Waals surface area (Å²) in [6.07, 6.45) is 1.96. The molecular weight excluding hydrogens is 358 g/mol. The Hall–Kier alpha value is -0.970. The van der Waals surface area contributed by atoms with E-state index in [-0.39, 0.29) is 5.91 Å². The highest BCUT2D eigenvalue weighted by Crippen LogP contribution is 2.25. The maximum atomic E-state index is 12.4. The number of carbonyl (C=O) groups excluding carboxylic acids is 1. The molecule has 0 unspecified atom stereocenters. The molecule has 0 aliphatic rings. The van der Waals surface area contributed by atoms with E-state index < -0.39 is 0 Å². The summed E-state index contributed by atoms with van der Waals surface area (Å²) in [5.74, 6) is -0.195. The molecule has 0 bridgehead atoms. The predicted octanol–water partition coefficient (Wildman–Crippen LogP) is 5.21. The van der Waals surface area contributed by atoms with Crippen LogP contribution >= 0.6 is 39.3 Å². The van der Waals surface area contributed by atoms with Crippen LogP contribution in [0.3, 0.4) is 0 Å². The standard InChI is InChI=1S/C15H13BrClNOS/c1-20-11-6-7-13(17)12(8-11)15(19)18-14-5-3-2-4-10(14)9-16/h2-8H,9H2,1H3,(H,18,19). The first-order chi connectivity index (χ1) is 9.65. The van der Waals surface area contributed by atoms with E-state index in [4.69, 9.17) is 11.6 Å². The fourth-order valence-electron chi connectivity index (χ4n) is 1.75. The second kappa shape index (κ2) is 7.16. The van der Waals surface area contributed by atoms with Crippen LogP contribution in [0.25, 0.3) is 0 Å². The SMILES string of the molecule is CSc1ccc(Cl)c(C(=O)Nc2ccccc2CBr)c1. The van der Waals surface area contributed by atoms with Crippen molar-refractivity contribution in [2.75, 3.05) is 11.6 Å². The van der Waals surface area contributed by atoms with Crippen molar-refractivity contribution in [2.24, 2.45) is 0 Å². The van der Waals surface area contributed by atoms with E-state index in [1.165, 1.54) is 0 Å². The molecule has 0 fully saturated rings. The molecule has 2 aromatic rings. The van der Waals surface area contributed by atoms with Gasteiger partial charge in [0.2, 0.25) is 0 Å². The van der Waals surface area contributed by atoms with E-state index in [9.17, 15) is 4.79 Å². The van der Waals surface area contributed by atoms with Crippen molar-refractivity contribution in [2.45, 2.75) is 10.2 Å². The van der Waals surface area contributed by atoms with Crippen LogP contribution < -0.4 is 5.32 Å². The number of para-hydroxylation sites is 1. The third-order valence-electron chi connectivity index (χ3n) is 2.83. The molecule has 2 aromatic carbocycles. The quantitative estimate of drug-likeness (QED) is 0.591. The lowest BCUT2D eigenvalue weighted by atomic mass is 10.1. The smallest absolute Gasteiger partial charge is 0.257 e. The van der Waals surface area contributed by atoms with Gasteiger partial charge in [0.25, 0.3) is 5.91 Å². The number of anilines is 1. The summed E-state index contributed by atoms with van der Waals surface area (Å²) >= 11 is 11.1. The first-order valence-corrected chi connectivity index (χ1v) is 8.67. The van der Waals surface area contributed by atoms with Gasteiger partial charge in [0.05, 0.1) is 10.6 Å². The minimum absolute atomic E-state index is 0.195. The van der Waals surface area contributed by atoms with Gasteiger partial charge in [-0.3, -0.25) is 4.79 Å². The van der Waals surface area contributed by atoms with Gasteiger partial charge in [-0.2, -0.15) is 0 Å². The van der Waals surface area contributed by atoms with Crippen LogP contribution in [-0.4, -0.2) is 12.2 Å². The first-order valence-electron chi connectivity index (χ1n) is 5.94. The van der Waals surface area contributed by atoms with Gasteiger partial charge in [0.15, 0.2) is 0 Å². The zero-order chi connectivity index (χ0) is 14.5. The second-order valence-electron chi connectivity index (χ2n) is 4.09. The molecule has 20 heavy (non-hydrogen) atoms. The lowest BCUT2D eigenvalue weighted by Crippen LogP contribution is -2.13. The fraction of sp³-hybridized carbons (Fsp3) is 0.133. The molecule has 0 heterocycles. The number of rotatable bonds is 4. The fourth-order valence-corrected chi connectivity index (χ4v) is 2.89. The van der Waals surface area contributed by atoms with Crippen LogP contribution in [0.2, 0.25) is 5.02 Å². The average Bonchev–Trinajstić information content (AvgIpc) is 2.48. The summed E-state index contributed by atoms with van der Waals surface area (Å²) in [6.45, 7) is 0. The molecule has 1 amide bonds. The van der Waals surface area contributed by atoms with Gasteiger partial charge >= 0.3 is 0 Å². The van der Waals surface area contributed by atoms with Gasteiger partial charge in [-0.25, -0.2) is 0 Å². The Morgan fingerprint density at radius 2 is 2.05 bits per heavy atom. The molecule has 2 nitrogen and oxygen atoms in total. The molecule has 0 spiro atoms. The highest BCUT2D eigenvalue weighted by molar-refractivity contribution is 9.08. The van der Waals surface area contributed by atoms with E-state index >= 15 is 0 Å². The molecule has 104 valence electrons. The number of thioether (sulfide) groups is 1. The van der Waals surface area contributed by atoms with E-state index in [0.29, 0.717) is 15.9 Å². The predicted molar refractivity (Wildman–Crippen MR) is 90.3 cm³/mol. The maximum Gasteiger partial charge on any atom is 0.257 e. The molecule has 2 rings (SSSR count). The Kier molecular flexibility index (Phi) is 5.52. The zero-order valence-corrected chi connectivity index (χ0v) is 14.0. The van der Waals surface area contributed by atoms with Crippen molar-refractivity contribution in [1.29, 1.82) is 0 Å². The first kappa shape index (κ1) is 15.4. The monoisotopic (exact) mass is 369 g/mol. The third-order valence-corrected chi connectivity index (χ3v) is 4.49. The van der Waals surface area contributed by atoms with Crippen LogP contribution in [0.4, 0.5) is 5.69 Å². The van der Waals surface area contributed by atoms with Gasteiger partial charge in [-0.05, 0) is 36.1 Å².